The molecule has 3 heteroatoms. The summed E-state index contributed by atoms with van der Waals surface area (Å²) in [6.45, 7) is 4.04. The summed E-state index contributed by atoms with van der Waals surface area (Å²) in [5.74, 6) is 0.881. The van der Waals surface area contributed by atoms with Crippen LogP contribution in [0.1, 0.15) is 29.9 Å². The van der Waals surface area contributed by atoms with Gasteiger partial charge in [0.05, 0.1) is 23.9 Å². The number of anilines is 1. The maximum atomic E-state index is 8.87. The van der Waals surface area contributed by atoms with Gasteiger partial charge < -0.3 is 9.73 Å². The third-order valence-corrected chi connectivity index (χ3v) is 2.71. The smallest absolute Gasteiger partial charge is 0.125 e. The summed E-state index contributed by atoms with van der Waals surface area (Å²) in [4.78, 5) is 0. The second-order valence-electron chi connectivity index (χ2n) is 4.02. The van der Waals surface area contributed by atoms with Crippen LogP contribution in [0.25, 0.3) is 0 Å². The van der Waals surface area contributed by atoms with Gasteiger partial charge in [-0.25, -0.2) is 0 Å². The Morgan fingerprint density at radius 1 is 1.35 bits per heavy atom. The fourth-order valence-corrected chi connectivity index (χ4v) is 1.69. The van der Waals surface area contributed by atoms with E-state index < -0.39 is 0 Å². The molecule has 3 nitrogen and oxygen atoms in total. The van der Waals surface area contributed by atoms with Gasteiger partial charge in [-0.2, -0.15) is 5.26 Å². The van der Waals surface area contributed by atoms with E-state index in [-0.39, 0.29) is 6.04 Å². The third-order valence-electron chi connectivity index (χ3n) is 2.71. The van der Waals surface area contributed by atoms with Gasteiger partial charge in [-0.15, -0.1) is 0 Å². The summed E-state index contributed by atoms with van der Waals surface area (Å²) >= 11 is 0. The van der Waals surface area contributed by atoms with Gasteiger partial charge in [-0.3, -0.25) is 0 Å². The average molecular weight is 226 g/mol. The topological polar surface area (TPSA) is 49.0 Å². The third kappa shape index (κ3) is 2.48. The fourth-order valence-electron chi connectivity index (χ4n) is 1.69. The van der Waals surface area contributed by atoms with E-state index in [9.17, 15) is 0 Å². The molecular weight excluding hydrogens is 212 g/mol. The summed E-state index contributed by atoms with van der Waals surface area (Å²) in [5.41, 5.74) is 2.74. The molecule has 1 atom stereocenters. The molecule has 17 heavy (non-hydrogen) atoms. The van der Waals surface area contributed by atoms with Crippen LogP contribution in [0.5, 0.6) is 0 Å². The molecule has 0 aliphatic heterocycles. The lowest BCUT2D eigenvalue weighted by Gasteiger charge is -2.15. The van der Waals surface area contributed by atoms with Crippen LogP contribution in [0.4, 0.5) is 5.69 Å². The second kappa shape index (κ2) is 4.75. The zero-order chi connectivity index (χ0) is 12.3. The number of nitriles is 1. The standard InChI is InChI=1S/C14H14N2O/c1-10-5-6-12(9-15)8-13(10)16-11(2)14-4-3-7-17-14/h3-8,11,16H,1-2H3. The Hall–Kier alpha value is -2.21. The normalized spacial score (nSPS) is 11.8. The lowest BCUT2D eigenvalue weighted by atomic mass is 10.1. The van der Waals surface area contributed by atoms with Crippen LogP contribution < -0.4 is 5.32 Å². The molecule has 1 aromatic heterocycles. The van der Waals surface area contributed by atoms with Gasteiger partial charge in [0.2, 0.25) is 0 Å². The minimum atomic E-state index is 0.0812. The van der Waals surface area contributed by atoms with Crippen LogP contribution >= 0.6 is 0 Å². The molecule has 2 rings (SSSR count). The molecule has 0 radical (unpaired) electrons. The van der Waals surface area contributed by atoms with Crippen molar-refractivity contribution in [2.75, 3.05) is 5.32 Å². The number of hydrogen-bond donors (Lipinski definition) is 1. The van der Waals surface area contributed by atoms with Gasteiger partial charge in [0.1, 0.15) is 5.76 Å². The van der Waals surface area contributed by atoms with E-state index in [1.54, 1.807) is 6.26 Å². The molecule has 1 heterocycles. The van der Waals surface area contributed by atoms with Gasteiger partial charge in [0.25, 0.3) is 0 Å². The molecule has 0 aliphatic carbocycles. The SMILES string of the molecule is Cc1ccc(C#N)cc1NC(C)c1ccco1. The van der Waals surface area contributed by atoms with Crippen molar-refractivity contribution < 1.29 is 4.42 Å². The largest absolute Gasteiger partial charge is 0.467 e. The Kier molecular flexibility index (Phi) is 3.15. The van der Waals surface area contributed by atoms with E-state index in [2.05, 4.69) is 11.4 Å². The van der Waals surface area contributed by atoms with Gasteiger partial charge in [0.15, 0.2) is 0 Å². The van der Waals surface area contributed by atoms with Crippen LogP contribution in [0.15, 0.2) is 41.0 Å². The van der Waals surface area contributed by atoms with Crippen LogP contribution in [-0.4, -0.2) is 0 Å². The van der Waals surface area contributed by atoms with Crippen LogP contribution in [0.2, 0.25) is 0 Å². The molecule has 2 aromatic rings. The highest BCUT2D eigenvalue weighted by atomic mass is 16.3. The minimum absolute atomic E-state index is 0.0812. The Morgan fingerprint density at radius 3 is 2.82 bits per heavy atom. The van der Waals surface area contributed by atoms with Crippen molar-refractivity contribution in [2.24, 2.45) is 0 Å². The van der Waals surface area contributed by atoms with Crippen molar-refractivity contribution in [3.63, 3.8) is 0 Å². The first-order valence-corrected chi connectivity index (χ1v) is 5.51. The molecule has 1 N–H and O–H groups in total. The van der Waals surface area contributed by atoms with E-state index in [1.807, 2.05) is 44.2 Å². The highest BCUT2D eigenvalue weighted by Crippen LogP contribution is 2.23. The minimum Gasteiger partial charge on any atom is -0.467 e. The van der Waals surface area contributed by atoms with Crippen LogP contribution in [0, 0.1) is 18.3 Å². The number of nitrogens with zero attached hydrogens (tertiary/aromatic N) is 1. The summed E-state index contributed by atoms with van der Waals surface area (Å²) in [5, 5.41) is 12.2. The summed E-state index contributed by atoms with van der Waals surface area (Å²) < 4.78 is 5.34. The average Bonchev–Trinajstić information content (AvgIpc) is 2.85. The van der Waals surface area contributed by atoms with Gasteiger partial charge in [0, 0.05) is 5.69 Å². The van der Waals surface area contributed by atoms with Crippen molar-refractivity contribution in [3.8, 4) is 6.07 Å². The van der Waals surface area contributed by atoms with E-state index in [0.29, 0.717) is 5.56 Å². The number of furan rings is 1. The monoisotopic (exact) mass is 226 g/mol. The van der Waals surface area contributed by atoms with Crippen molar-refractivity contribution in [3.05, 3.63) is 53.5 Å². The first-order valence-electron chi connectivity index (χ1n) is 5.51. The molecule has 0 fully saturated rings. The highest BCUT2D eigenvalue weighted by Gasteiger charge is 2.09. The Morgan fingerprint density at radius 2 is 2.18 bits per heavy atom. The molecule has 1 aromatic carbocycles. The first kappa shape index (κ1) is 11.3. The van der Waals surface area contributed by atoms with Crippen molar-refractivity contribution in [1.82, 2.24) is 0 Å². The second-order valence-corrected chi connectivity index (χ2v) is 4.02. The fraction of sp³-hybridized carbons (Fsp3) is 0.214. The molecule has 0 amide bonds. The maximum absolute atomic E-state index is 8.87. The molecule has 0 saturated heterocycles. The molecule has 86 valence electrons. The number of hydrogen-bond acceptors (Lipinski definition) is 3. The predicted molar refractivity (Wildman–Crippen MR) is 66.6 cm³/mol. The van der Waals surface area contributed by atoms with E-state index in [4.69, 9.17) is 9.68 Å². The zero-order valence-electron chi connectivity index (χ0n) is 9.90. The molecule has 1 unspecified atom stereocenters. The summed E-state index contributed by atoms with van der Waals surface area (Å²) in [6, 6.07) is 11.6. The Bertz CT molecular complexity index is 538. The van der Waals surface area contributed by atoms with Crippen molar-refractivity contribution in [1.29, 1.82) is 5.26 Å². The molecule has 0 aliphatic rings. The van der Waals surface area contributed by atoms with Crippen LogP contribution in [0.3, 0.4) is 0 Å². The van der Waals surface area contributed by atoms with Gasteiger partial charge in [-0.1, -0.05) is 6.07 Å². The van der Waals surface area contributed by atoms with Crippen molar-refractivity contribution in [2.45, 2.75) is 19.9 Å². The number of aryl methyl sites for hydroxylation is 1. The van der Waals surface area contributed by atoms with Gasteiger partial charge >= 0.3 is 0 Å². The summed E-state index contributed by atoms with van der Waals surface area (Å²) in [6.07, 6.45) is 1.66. The molecular formula is C14H14N2O. The zero-order valence-corrected chi connectivity index (χ0v) is 9.90. The van der Waals surface area contributed by atoms with E-state index in [0.717, 1.165) is 17.0 Å². The van der Waals surface area contributed by atoms with E-state index >= 15 is 0 Å². The Balaban J connectivity index is 2.21. The maximum Gasteiger partial charge on any atom is 0.125 e. The molecule has 0 saturated carbocycles. The number of benzene rings is 1. The van der Waals surface area contributed by atoms with E-state index in [1.165, 1.54) is 0 Å². The quantitative estimate of drug-likeness (QED) is 0.869. The Labute approximate surface area is 101 Å². The summed E-state index contributed by atoms with van der Waals surface area (Å²) in [7, 11) is 0. The number of nitrogens with one attached hydrogen (secondary N) is 1. The number of rotatable bonds is 3. The molecule has 0 bridgehead atoms. The van der Waals surface area contributed by atoms with Crippen LogP contribution in [-0.2, 0) is 0 Å². The lowest BCUT2D eigenvalue weighted by Crippen LogP contribution is -2.06. The predicted octanol–water partition coefficient (Wildman–Crippen LogP) is 3.63. The highest BCUT2D eigenvalue weighted by molar-refractivity contribution is 5.55. The van der Waals surface area contributed by atoms with Crippen molar-refractivity contribution >= 4 is 5.69 Å². The van der Waals surface area contributed by atoms with Gasteiger partial charge in [-0.05, 0) is 43.7 Å². The molecule has 0 spiro atoms. The first-order chi connectivity index (χ1) is 8.20. The lowest BCUT2D eigenvalue weighted by molar-refractivity contribution is 0.490.